The topological polar surface area (TPSA) is 129 Å². The van der Waals surface area contributed by atoms with Crippen molar-refractivity contribution < 1.29 is 9.84 Å². The molecule has 0 fully saturated rings. The third-order valence-corrected chi connectivity index (χ3v) is 4.08. The Morgan fingerprint density at radius 1 is 0.697 bits per heavy atom. The number of halogens is 3. The highest BCUT2D eigenvalue weighted by Crippen LogP contribution is 2.23. The van der Waals surface area contributed by atoms with Crippen molar-refractivity contribution in [3.63, 3.8) is 0 Å². The van der Waals surface area contributed by atoms with Crippen molar-refractivity contribution >= 4 is 34.8 Å². The Labute approximate surface area is 204 Å². The van der Waals surface area contributed by atoms with E-state index < -0.39 is 0 Å². The first kappa shape index (κ1) is 25.3. The molecule has 0 aliphatic rings. The standard InChI is InChI=1S/C11H6ClN3O.C7H5NO.C4H2Cl2N2/c12-10-5-11(15-7-14-10)16-9-4-2-1-3-8(9)6-13;8-5-6-3-1-2-4-7(6)9;5-3-1-4(6)8-2-7-3/h1-5,7H;1-4,9H;1-2H. The zero-order valence-corrected chi connectivity index (χ0v) is 18.9. The zero-order valence-electron chi connectivity index (χ0n) is 16.6. The summed E-state index contributed by atoms with van der Waals surface area (Å²) in [6.45, 7) is 0. The maximum atomic E-state index is 8.89. The Balaban J connectivity index is 0.000000192. The summed E-state index contributed by atoms with van der Waals surface area (Å²) in [4.78, 5) is 14.8. The van der Waals surface area contributed by atoms with Gasteiger partial charge in [-0.15, -0.1) is 0 Å². The second-order valence-corrected chi connectivity index (χ2v) is 6.84. The van der Waals surface area contributed by atoms with Gasteiger partial charge in [0.2, 0.25) is 5.88 Å². The Kier molecular flexibility index (Phi) is 10.3. The number of aromatic nitrogens is 4. The Morgan fingerprint density at radius 2 is 1.21 bits per heavy atom. The highest BCUT2D eigenvalue weighted by Gasteiger charge is 2.04. The number of nitriles is 2. The fourth-order valence-electron chi connectivity index (χ4n) is 2.01. The van der Waals surface area contributed by atoms with Crippen LogP contribution in [0.3, 0.4) is 0 Å². The summed E-state index contributed by atoms with van der Waals surface area (Å²) in [7, 11) is 0. The number of aromatic hydroxyl groups is 1. The molecule has 33 heavy (non-hydrogen) atoms. The van der Waals surface area contributed by atoms with E-state index >= 15 is 0 Å². The van der Waals surface area contributed by atoms with Gasteiger partial charge in [-0.3, -0.25) is 0 Å². The van der Waals surface area contributed by atoms with Gasteiger partial charge in [0, 0.05) is 12.1 Å². The SMILES string of the molecule is Clc1cc(Cl)ncn1.N#Cc1ccccc1O.N#Cc1ccccc1Oc1cc(Cl)ncn1. The number of ether oxygens (including phenoxy) is 1. The van der Waals surface area contributed by atoms with Gasteiger partial charge >= 0.3 is 0 Å². The lowest BCUT2D eigenvalue weighted by atomic mass is 10.2. The van der Waals surface area contributed by atoms with E-state index in [0.29, 0.717) is 38.2 Å². The molecule has 4 rings (SSSR count). The first-order chi connectivity index (χ1) is 15.9. The van der Waals surface area contributed by atoms with E-state index in [4.69, 9.17) is 55.2 Å². The maximum Gasteiger partial charge on any atom is 0.223 e. The highest BCUT2D eigenvalue weighted by atomic mass is 35.5. The maximum absolute atomic E-state index is 8.89. The third kappa shape index (κ3) is 8.98. The minimum Gasteiger partial charge on any atom is -0.507 e. The number of nitrogens with zero attached hydrogens (tertiary/aromatic N) is 6. The van der Waals surface area contributed by atoms with Crippen LogP contribution >= 0.6 is 34.8 Å². The molecule has 164 valence electrons. The van der Waals surface area contributed by atoms with Crippen LogP contribution in [0.25, 0.3) is 0 Å². The number of rotatable bonds is 2. The van der Waals surface area contributed by atoms with Crippen LogP contribution in [-0.2, 0) is 0 Å². The molecule has 4 aromatic rings. The first-order valence-electron chi connectivity index (χ1n) is 8.88. The summed E-state index contributed by atoms with van der Waals surface area (Å²) in [6.07, 6.45) is 2.61. The van der Waals surface area contributed by atoms with Gasteiger partial charge in [0.1, 0.15) is 51.8 Å². The van der Waals surface area contributed by atoms with E-state index in [-0.39, 0.29) is 5.75 Å². The minimum absolute atomic E-state index is 0.0417. The molecule has 0 aliphatic heterocycles. The Morgan fingerprint density at radius 3 is 1.70 bits per heavy atom. The van der Waals surface area contributed by atoms with Gasteiger partial charge < -0.3 is 9.84 Å². The number of benzene rings is 2. The van der Waals surface area contributed by atoms with Crippen LogP contribution in [0.15, 0.2) is 73.3 Å². The van der Waals surface area contributed by atoms with Gasteiger partial charge in [0.25, 0.3) is 0 Å². The lowest BCUT2D eigenvalue weighted by molar-refractivity contribution is 0.460. The Hall–Kier alpha value is -3.95. The van der Waals surface area contributed by atoms with Crippen molar-refractivity contribution in [2.45, 2.75) is 0 Å². The average Bonchev–Trinajstić information content (AvgIpc) is 2.80. The van der Waals surface area contributed by atoms with Crippen LogP contribution in [0.2, 0.25) is 15.5 Å². The van der Waals surface area contributed by atoms with E-state index in [1.165, 1.54) is 30.9 Å². The van der Waals surface area contributed by atoms with Crippen LogP contribution in [0.4, 0.5) is 0 Å². The normalized spacial score (nSPS) is 9.12. The van der Waals surface area contributed by atoms with E-state index in [0.717, 1.165) is 0 Å². The number of phenolic OH excluding ortho intramolecular Hbond substituents is 1. The fraction of sp³-hybridized carbons (Fsp3) is 0. The molecule has 0 bridgehead atoms. The second-order valence-electron chi connectivity index (χ2n) is 5.68. The first-order valence-corrected chi connectivity index (χ1v) is 10.0. The molecule has 0 amide bonds. The van der Waals surface area contributed by atoms with Gasteiger partial charge in [-0.2, -0.15) is 10.5 Å². The van der Waals surface area contributed by atoms with Crippen molar-refractivity contribution in [3.8, 4) is 29.5 Å². The van der Waals surface area contributed by atoms with Crippen LogP contribution in [0, 0.1) is 22.7 Å². The van der Waals surface area contributed by atoms with Gasteiger partial charge in [-0.1, -0.05) is 59.1 Å². The largest absolute Gasteiger partial charge is 0.507 e. The molecule has 0 saturated heterocycles. The molecule has 0 radical (unpaired) electrons. The van der Waals surface area contributed by atoms with E-state index in [1.54, 1.807) is 42.5 Å². The van der Waals surface area contributed by atoms with E-state index in [9.17, 15) is 0 Å². The molecule has 2 heterocycles. The van der Waals surface area contributed by atoms with Gasteiger partial charge in [-0.05, 0) is 24.3 Å². The fourth-order valence-corrected chi connectivity index (χ4v) is 2.50. The molecule has 0 unspecified atom stereocenters. The smallest absolute Gasteiger partial charge is 0.223 e. The van der Waals surface area contributed by atoms with Crippen molar-refractivity contribution in [2.75, 3.05) is 0 Å². The van der Waals surface area contributed by atoms with Crippen molar-refractivity contribution in [1.82, 2.24) is 19.9 Å². The van der Waals surface area contributed by atoms with Crippen molar-refractivity contribution in [3.05, 3.63) is 99.9 Å². The number of hydrogen-bond acceptors (Lipinski definition) is 8. The van der Waals surface area contributed by atoms with Crippen LogP contribution in [0.5, 0.6) is 17.4 Å². The summed E-state index contributed by atoms with van der Waals surface area (Å²) in [6, 6.07) is 20.2. The molecule has 0 atom stereocenters. The van der Waals surface area contributed by atoms with Crippen molar-refractivity contribution in [1.29, 1.82) is 10.5 Å². The van der Waals surface area contributed by atoms with E-state index in [1.807, 2.05) is 12.1 Å². The molecular formula is C22H13Cl3N6O2. The van der Waals surface area contributed by atoms with Crippen LogP contribution in [0.1, 0.15) is 11.1 Å². The van der Waals surface area contributed by atoms with Crippen molar-refractivity contribution in [2.24, 2.45) is 0 Å². The summed E-state index contributed by atoms with van der Waals surface area (Å²) in [5, 5.41) is 27.1. The van der Waals surface area contributed by atoms with Crippen LogP contribution in [-0.4, -0.2) is 25.0 Å². The molecule has 11 heteroatoms. The number of para-hydroxylation sites is 2. The lowest BCUT2D eigenvalue weighted by Crippen LogP contribution is -1.91. The molecule has 2 aromatic heterocycles. The van der Waals surface area contributed by atoms with E-state index in [2.05, 4.69) is 19.9 Å². The monoisotopic (exact) mass is 498 g/mol. The van der Waals surface area contributed by atoms with Crippen LogP contribution < -0.4 is 4.74 Å². The summed E-state index contributed by atoms with van der Waals surface area (Å²) < 4.78 is 5.42. The molecule has 0 aliphatic carbocycles. The molecule has 0 spiro atoms. The zero-order chi connectivity index (χ0) is 24.1. The molecule has 0 saturated carbocycles. The van der Waals surface area contributed by atoms with Gasteiger partial charge in [0.15, 0.2) is 0 Å². The summed E-state index contributed by atoms with van der Waals surface area (Å²) in [5.41, 5.74) is 0.759. The predicted molar refractivity (Wildman–Crippen MR) is 123 cm³/mol. The highest BCUT2D eigenvalue weighted by molar-refractivity contribution is 6.33. The summed E-state index contributed by atoms with van der Waals surface area (Å²) in [5.74, 6) is 0.794. The quantitative estimate of drug-likeness (QED) is 0.340. The molecule has 2 aromatic carbocycles. The van der Waals surface area contributed by atoms with Gasteiger partial charge in [0.05, 0.1) is 11.1 Å². The predicted octanol–water partition coefficient (Wildman–Crippen LogP) is 5.84. The molecule has 8 nitrogen and oxygen atoms in total. The van der Waals surface area contributed by atoms with Gasteiger partial charge in [-0.25, -0.2) is 19.9 Å². The minimum atomic E-state index is 0.0417. The lowest BCUT2D eigenvalue weighted by Gasteiger charge is -2.05. The number of hydrogen-bond donors (Lipinski definition) is 1. The Bertz CT molecular complexity index is 1270. The molecule has 1 N–H and O–H groups in total. The number of phenols is 1. The average molecular weight is 500 g/mol. The second kappa shape index (κ2) is 13.5. The molecular weight excluding hydrogens is 487 g/mol. The summed E-state index contributed by atoms with van der Waals surface area (Å²) >= 11 is 16.5. The third-order valence-electron chi connectivity index (χ3n) is 3.46.